The Hall–Kier alpha value is -2.43. The largest absolute Gasteiger partial charge is 0.310 e. The van der Waals surface area contributed by atoms with Crippen LogP contribution in [0.25, 0.3) is 22.0 Å². The summed E-state index contributed by atoms with van der Waals surface area (Å²) in [6.07, 6.45) is 5.92. The highest BCUT2D eigenvalue weighted by Crippen LogP contribution is 2.38. The van der Waals surface area contributed by atoms with Crippen LogP contribution in [0, 0.1) is 0 Å². The summed E-state index contributed by atoms with van der Waals surface area (Å²) < 4.78 is 1.73. The number of aromatic nitrogens is 4. The number of aromatic amines is 1. The van der Waals surface area contributed by atoms with Gasteiger partial charge in [0.25, 0.3) is 5.56 Å². The van der Waals surface area contributed by atoms with Crippen molar-refractivity contribution in [3.8, 4) is 11.1 Å². The third-order valence-corrected chi connectivity index (χ3v) is 3.73. The number of H-pyrrole nitrogens is 1. The molecule has 0 atom stereocenters. The highest BCUT2D eigenvalue weighted by atomic mass is 16.1. The molecular formula is C15H14N4O. The predicted molar refractivity (Wildman–Crippen MR) is 76.5 cm³/mol. The van der Waals surface area contributed by atoms with Crippen LogP contribution in [-0.2, 0) is 7.05 Å². The van der Waals surface area contributed by atoms with Gasteiger partial charge in [-0.2, -0.15) is 5.10 Å². The van der Waals surface area contributed by atoms with Crippen LogP contribution in [0.4, 0.5) is 0 Å². The molecule has 0 spiro atoms. The van der Waals surface area contributed by atoms with Crippen molar-refractivity contribution in [3.63, 3.8) is 0 Å². The van der Waals surface area contributed by atoms with E-state index in [-0.39, 0.29) is 5.56 Å². The lowest BCUT2D eigenvalue weighted by Crippen LogP contribution is -2.12. The van der Waals surface area contributed by atoms with Crippen molar-refractivity contribution < 1.29 is 0 Å². The first-order chi connectivity index (χ1) is 9.72. The monoisotopic (exact) mass is 266 g/mol. The first-order valence-corrected chi connectivity index (χ1v) is 6.74. The number of aryl methyl sites for hydroxylation is 1. The van der Waals surface area contributed by atoms with Gasteiger partial charge in [-0.1, -0.05) is 12.1 Å². The van der Waals surface area contributed by atoms with Crippen LogP contribution < -0.4 is 5.56 Å². The maximum atomic E-state index is 12.4. The van der Waals surface area contributed by atoms with E-state index in [0.29, 0.717) is 11.3 Å². The summed E-state index contributed by atoms with van der Waals surface area (Å²) in [5.41, 5.74) is 2.52. The van der Waals surface area contributed by atoms with Crippen molar-refractivity contribution in [2.45, 2.75) is 18.8 Å². The van der Waals surface area contributed by atoms with E-state index >= 15 is 0 Å². The number of nitrogens with one attached hydrogen (secondary N) is 1. The topological polar surface area (TPSA) is 63.6 Å². The van der Waals surface area contributed by atoms with Gasteiger partial charge in [0.05, 0.1) is 17.1 Å². The molecule has 1 aliphatic carbocycles. The van der Waals surface area contributed by atoms with Crippen LogP contribution in [0.1, 0.15) is 24.6 Å². The van der Waals surface area contributed by atoms with Crippen LogP contribution in [0.2, 0.25) is 0 Å². The standard InChI is InChI=1S/C15H14N4O/c1-19-8-10(7-16-19)11-3-2-4-12-13(11)15(20)18-14(17-12)9-5-6-9/h2-4,7-9H,5-6H2,1H3,(H,17,18,20). The van der Waals surface area contributed by atoms with Crippen molar-refractivity contribution in [1.82, 2.24) is 19.7 Å². The summed E-state index contributed by atoms with van der Waals surface area (Å²) in [6.45, 7) is 0. The normalized spacial score (nSPS) is 14.8. The van der Waals surface area contributed by atoms with E-state index in [4.69, 9.17) is 0 Å². The van der Waals surface area contributed by atoms with Gasteiger partial charge in [0.15, 0.2) is 0 Å². The van der Waals surface area contributed by atoms with E-state index in [1.165, 1.54) is 0 Å². The molecule has 5 nitrogen and oxygen atoms in total. The fraction of sp³-hybridized carbons (Fsp3) is 0.267. The maximum absolute atomic E-state index is 12.4. The maximum Gasteiger partial charge on any atom is 0.259 e. The first kappa shape index (κ1) is 11.4. The number of benzene rings is 1. The molecule has 1 aromatic carbocycles. The van der Waals surface area contributed by atoms with E-state index in [2.05, 4.69) is 15.1 Å². The van der Waals surface area contributed by atoms with E-state index in [1.54, 1.807) is 10.9 Å². The minimum Gasteiger partial charge on any atom is -0.310 e. The third kappa shape index (κ3) is 1.74. The van der Waals surface area contributed by atoms with Gasteiger partial charge >= 0.3 is 0 Å². The summed E-state index contributed by atoms with van der Waals surface area (Å²) in [7, 11) is 1.86. The third-order valence-electron chi connectivity index (χ3n) is 3.73. The zero-order chi connectivity index (χ0) is 13.7. The summed E-state index contributed by atoms with van der Waals surface area (Å²) in [4.78, 5) is 20.0. The molecule has 0 saturated heterocycles. The van der Waals surface area contributed by atoms with Crippen molar-refractivity contribution in [2.75, 3.05) is 0 Å². The zero-order valence-corrected chi connectivity index (χ0v) is 11.1. The van der Waals surface area contributed by atoms with Crippen molar-refractivity contribution >= 4 is 10.9 Å². The molecule has 1 aliphatic rings. The summed E-state index contributed by atoms with van der Waals surface area (Å²) in [6, 6.07) is 5.77. The van der Waals surface area contributed by atoms with E-state index in [1.807, 2.05) is 31.4 Å². The van der Waals surface area contributed by atoms with Crippen LogP contribution in [0.3, 0.4) is 0 Å². The Morgan fingerprint density at radius 2 is 2.20 bits per heavy atom. The second kappa shape index (κ2) is 4.03. The quantitative estimate of drug-likeness (QED) is 0.773. The number of rotatable bonds is 2. The van der Waals surface area contributed by atoms with E-state index in [0.717, 1.165) is 35.3 Å². The highest BCUT2D eigenvalue weighted by Gasteiger charge is 2.26. The molecule has 1 saturated carbocycles. The molecule has 1 fully saturated rings. The summed E-state index contributed by atoms with van der Waals surface area (Å²) in [5, 5.41) is 4.81. The van der Waals surface area contributed by atoms with Gasteiger partial charge in [-0.05, 0) is 24.5 Å². The summed E-state index contributed by atoms with van der Waals surface area (Å²) >= 11 is 0. The molecule has 2 heterocycles. The van der Waals surface area contributed by atoms with Crippen molar-refractivity contribution in [2.24, 2.45) is 7.05 Å². The van der Waals surface area contributed by atoms with Gasteiger partial charge in [0, 0.05) is 24.7 Å². The number of hydrogen-bond acceptors (Lipinski definition) is 3. The molecule has 1 N–H and O–H groups in total. The second-order valence-corrected chi connectivity index (χ2v) is 5.33. The number of fused-ring (bicyclic) bond motifs is 1. The van der Waals surface area contributed by atoms with E-state index in [9.17, 15) is 4.79 Å². The molecule has 0 aliphatic heterocycles. The van der Waals surface area contributed by atoms with Crippen LogP contribution in [0.15, 0.2) is 35.4 Å². The Morgan fingerprint density at radius 3 is 2.90 bits per heavy atom. The number of nitrogens with zero attached hydrogens (tertiary/aromatic N) is 3. The molecule has 0 unspecified atom stereocenters. The Balaban J connectivity index is 2.00. The molecule has 3 aromatic rings. The average Bonchev–Trinajstić information content (AvgIpc) is 3.20. The number of hydrogen-bond donors (Lipinski definition) is 1. The minimum atomic E-state index is -0.0589. The molecule has 0 radical (unpaired) electrons. The second-order valence-electron chi connectivity index (χ2n) is 5.33. The molecule has 20 heavy (non-hydrogen) atoms. The van der Waals surface area contributed by atoms with Crippen LogP contribution in [-0.4, -0.2) is 19.7 Å². The van der Waals surface area contributed by atoms with Crippen LogP contribution in [0.5, 0.6) is 0 Å². The molecule has 0 bridgehead atoms. The van der Waals surface area contributed by atoms with Crippen molar-refractivity contribution in [1.29, 1.82) is 0 Å². The minimum absolute atomic E-state index is 0.0589. The van der Waals surface area contributed by atoms with E-state index < -0.39 is 0 Å². The molecule has 2 aromatic heterocycles. The van der Waals surface area contributed by atoms with Crippen LogP contribution >= 0.6 is 0 Å². The lowest BCUT2D eigenvalue weighted by atomic mass is 10.0. The molecule has 0 amide bonds. The SMILES string of the molecule is Cn1cc(-c2cccc3nc(C4CC4)[nH]c(=O)c23)cn1. The molecule has 100 valence electrons. The van der Waals surface area contributed by atoms with Crippen molar-refractivity contribution in [3.05, 3.63) is 46.8 Å². The zero-order valence-electron chi connectivity index (χ0n) is 11.1. The Labute approximate surface area is 115 Å². The van der Waals surface area contributed by atoms with Gasteiger partial charge in [-0.25, -0.2) is 4.98 Å². The molecule has 4 rings (SSSR count). The van der Waals surface area contributed by atoms with Gasteiger partial charge in [-0.3, -0.25) is 9.48 Å². The Bertz CT molecular complexity index is 858. The van der Waals surface area contributed by atoms with Gasteiger partial charge < -0.3 is 4.98 Å². The summed E-state index contributed by atoms with van der Waals surface area (Å²) in [5.74, 6) is 1.26. The lowest BCUT2D eigenvalue weighted by Gasteiger charge is -2.05. The predicted octanol–water partition coefficient (Wildman–Crippen LogP) is 2.20. The van der Waals surface area contributed by atoms with Gasteiger partial charge in [0.2, 0.25) is 0 Å². The lowest BCUT2D eigenvalue weighted by molar-refractivity contribution is 0.768. The Morgan fingerprint density at radius 1 is 1.35 bits per heavy atom. The Kier molecular flexibility index (Phi) is 2.30. The van der Waals surface area contributed by atoms with Gasteiger partial charge in [-0.15, -0.1) is 0 Å². The first-order valence-electron chi connectivity index (χ1n) is 6.74. The molecule has 5 heteroatoms. The fourth-order valence-corrected chi connectivity index (χ4v) is 2.56. The molecular weight excluding hydrogens is 252 g/mol. The smallest absolute Gasteiger partial charge is 0.259 e. The fourth-order valence-electron chi connectivity index (χ4n) is 2.56. The van der Waals surface area contributed by atoms with Gasteiger partial charge in [0.1, 0.15) is 5.82 Å². The highest BCUT2D eigenvalue weighted by molar-refractivity contribution is 5.93. The average molecular weight is 266 g/mol.